The summed E-state index contributed by atoms with van der Waals surface area (Å²) in [5.74, 6) is -1.21. The molecule has 0 spiro atoms. The first kappa shape index (κ1) is 14.4. The van der Waals surface area contributed by atoms with Crippen molar-refractivity contribution in [1.29, 1.82) is 0 Å². The summed E-state index contributed by atoms with van der Waals surface area (Å²) < 4.78 is 0. The maximum atomic E-state index is 11.8. The minimum absolute atomic E-state index is 0.197. The zero-order valence-corrected chi connectivity index (χ0v) is 11.0. The summed E-state index contributed by atoms with van der Waals surface area (Å²) >= 11 is 1.41. The van der Waals surface area contributed by atoms with Crippen molar-refractivity contribution < 1.29 is 14.7 Å². The number of thiazole rings is 1. The van der Waals surface area contributed by atoms with Crippen molar-refractivity contribution >= 4 is 23.2 Å². The van der Waals surface area contributed by atoms with E-state index in [1.165, 1.54) is 23.3 Å². The number of carbonyl (C=O) groups excluding carboxylic acids is 1. The van der Waals surface area contributed by atoms with Gasteiger partial charge in [-0.25, -0.2) is 9.78 Å². The van der Waals surface area contributed by atoms with E-state index in [0.717, 1.165) is 0 Å². The molecule has 6 heteroatoms. The van der Waals surface area contributed by atoms with Gasteiger partial charge in [-0.2, -0.15) is 0 Å². The second-order valence-electron chi connectivity index (χ2n) is 3.87. The zero-order valence-electron chi connectivity index (χ0n) is 10.2. The molecule has 0 bridgehead atoms. The number of aliphatic carboxylic acids is 1. The summed E-state index contributed by atoms with van der Waals surface area (Å²) in [6.45, 7) is 3.54. The fourth-order valence-electron chi connectivity index (χ4n) is 1.50. The van der Waals surface area contributed by atoms with Crippen molar-refractivity contribution in [2.45, 2.75) is 25.3 Å². The van der Waals surface area contributed by atoms with E-state index in [9.17, 15) is 14.7 Å². The maximum absolute atomic E-state index is 11.8. The molecule has 1 aromatic rings. The van der Waals surface area contributed by atoms with Gasteiger partial charge in [-0.05, 0) is 6.42 Å². The number of carboxylic acids is 1. The number of rotatable bonds is 7. The summed E-state index contributed by atoms with van der Waals surface area (Å²) in [6, 6.07) is -0.871. The molecule has 0 fully saturated rings. The number of carboxylic acid groups (broad SMARTS) is 1. The predicted molar refractivity (Wildman–Crippen MR) is 69.4 cm³/mol. The molecule has 0 saturated carbocycles. The lowest BCUT2D eigenvalue weighted by Gasteiger charge is -2.24. The number of carbonyl (C=O) groups is 2. The second-order valence-corrected chi connectivity index (χ2v) is 4.59. The average molecular weight is 268 g/mol. The molecule has 1 unspecified atom stereocenters. The van der Waals surface area contributed by atoms with Gasteiger partial charge in [0, 0.05) is 25.3 Å². The van der Waals surface area contributed by atoms with Gasteiger partial charge < -0.3 is 10.0 Å². The largest absolute Gasteiger partial charge is 0.480 e. The van der Waals surface area contributed by atoms with Crippen LogP contribution in [-0.4, -0.2) is 40.0 Å². The van der Waals surface area contributed by atoms with Crippen molar-refractivity contribution in [3.8, 4) is 0 Å². The Labute approximate surface area is 110 Å². The molecule has 0 radical (unpaired) electrons. The van der Waals surface area contributed by atoms with Crippen LogP contribution in [0, 0.1) is 0 Å². The quantitative estimate of drug-likeness (QED) is 0.762. The average Bonchev–Trinajstić information content (AvgIpc) is 2.84. The molecule has 5 nitrogen and oxygen atoms in total. The van der Waals surface area contributed by atoms with Crippen LogP contribution in [0.5, 0.6) is 0 Å². The fourth-order valence-corrected chi connectivity index (χ4v) is 2.07. The van der Waals surface area contributed by atoms with Gasteiger partial charge in [0.1, 0.15) is 6.04 Å². The van der Waals surface area contributed by atoms with Gasteiger partial charge in [0.15, 0.2) is 0 Å². The van der Waals surface area contributed by atoms with Crippen LogP contribution >= 0.6 is 11.3 Å². The third-order valence-electron chi connectivity index (χ3n) is 2.59. The summed E-state index contributed by atoms with van der Waals surface area (Å²) in [6.07, 6.45) is 2.70. The van der Waals surface area contributed by atoms with Crippen molar-refractivity contribution in [3.05, 3.63) is 29.2 Å². The summed E-state index contributed by atoms with van der Waals surface area (Å²) in [5, 5.41) is 11.0. The van der Waals surface area contributed by atoms with Gasteiger partial charge >= 0.3 is 5.97 Å². The smallest absolute Gasteiger partial charge is 0.326 e. The van der Waals surface area contributed by atoms with Gasteiger partial charge in [0.2, 0.25) is 5.91 Å². The maximum Gasteiger partial charge on any atom is 0.326 e. The summed E-state index contributed by atoms with van der Waals surface area (Å²) in [4.78, 5) is 28.3. The van der Waals surface area contributed by atoms with Crippen LogP contribution in [0.2, 0.25) is 0 Å². The number of aromatic nitrogens is 1. The minimum atomic E-state index is -1.02. The first-order chi connectivity index (χ1) is 8.56. The van der Waals surface area contributed by atoms with Gasteiger partial charge in [0.05, 0.1) is 11.2 Å². The third-order valence-corrected chi connectivity index (χ3v) is 3.23. The standard InChI is InChI=1S/C12H16N2O3S/c1-3-4-5-11(15)14(2)10(12(16)17)6-9-7-18-8-13-9/h3,7-8,10H,1,4-6H2,2H3,(H,16,17). The minimum Gasteiger partial charge on any atom is -0.480 e. The monoisotopic (exact) mass is 268 g/mol. The van der Waals surface area contributed by atoms with Crippen LogP contribution in [0.1, 0.15) is 18.5 Å². The second kappa shape index (κ2) is 6.90. The number of nitrogens with zero attached hydrogens (tertiary/aromatic N) is 2. The van der Waals surface area contributed by atoms with Crippen LogP contribution in [0.4, 0.5) is 0 Å². The molecule has 0 aliphatic rings. The Morgan fingerprint density at radius 3 is 2.89 bits per heavy atom. The van der Waals surface area contributed by atoms with Gasteiger partial charge in [-0.3, -0.25) is 4.79 Å². The first-order valence-electron chi connectivity index (χ1n) is 5.52. The molecule has 0 aliphatic carbocycles. The van der Waals surface area contributed by atoms with E-state index in [0.29, 0.717) is 12.1 Å². The van der Waals surface area contributed by atoms with E-state index in [-0.39, 0.29) is 18.7 Å². The zero-order chi connectivity index (χ0) is 13.5. The Bertz CT molecular complexity index is 417. The van der Waals surface area contributed by atoms with Crippen LogP contribution in [0.25, 0.3) is 0 Å². The Morgan fingerprint density at radius 2 is 2.39 bits per heavy atom. The summed E-state index contributed by atoms with van der Waals surface area (Å²) in [7, 11) is 1.51. The highest BCUT2D eigenvalue weighted by molar-refractivity contribution is 7.07. The van der Waals surface area contributed by atoms with E-state index >= 15 is 0 Å². The van der Waals surface area contributed by atoms with Crippen molar-refractivity contribution in [3.63, 3.8) is 0 Å². The Hall–Kier alpha value is -1.69. The van der Waals surface area contributed by atoms with Crippen molar-refractivity contribution in [2.75, 3.05) is 7.05 Å². The Balaban J connectivity index is 2.69. The number of likely N-dealkylation sites (N-methyl/N-ethyl adjacent to an activating group) is 1. The van der Waals surface area contributed by atoms with Crippen LogP contribution in [0.3, 0.4) is 0 Å². The fraction of sp³-hybridized carbons (Fsp3) is 0.417. The highest BCUT2D eigenvalue weighted by Crippen LogP contribution is 2.10. The molecule has 1 N–H and O–H groups in total. The highest BCUT2D eigenvalue weighted by atomic mass is 32.1. The van der Waals surface area contributed by atoms with E-state index in [1.54, 1.807) is 17.0 Å². The van der Waals surface area contributed by atoms with Gasteiger partial charge in [-0.15, -0.1) is 17.9 Å². The molecule has 1 rings (SSSR count). The van der Waals surface area contributed by atoms with Gasteiger partial charge in [0.25, 0.3) is 0 Å². The lowest BCUT2D eigenvalue weighted by Crippen LogP contribution is -2.43. The van der Waals surface area contributed by atoms with Crippen LogP contribution in [0.15, 0.2) is 23.5 Å². The van der Waals surface area contributed by atoms with E-state index in [2.05, 4.69) is 11.6 Å². The molecule has 1 heterocycles. The normalized spacial score (nSPS) is 11.8. The van der Waals surface area contributed by atoms with E-state index in [4.69, 9.17) is 0 Å². The number of amides is 1. The topological polar surface area (TPSA) is 70.5 Å². The summed E-state index contributed by atoms with van der Waals surface area (Å²) in [5.41, 5.74) is 2.34. The lowest BCUT2D eigenvalue weighted by atomic mass is 10.1. The van der Waals surface area contributed by atoms with Crippen LogP contribution in [-0.2, 0) is 16.0 Å². The molecule has 98 valence electrons. The molecule has 1 amide bonds. The first-order valence-corrected chi connectivity index (χ1v) is 6.47. The Kier molecular flexibility index (Phi) is 5.51. The SMILES string of the molecule is C=CCCC(=O)N(C)C(Cc1cscn1)C(=O)O. The molecule has 0 aliphatic heterocycles. The number of allylic oxidation sites excluding steroid dienone is 1. The van der Waals surface area contributed by atoms with E-state index in [1.807, 2.05) is 0 Å². The molecule has 1 atom stereocenters. The predicted octanol–water partition coefficient (Wildman–Crippen LogP) is 1.56. The highest BCUT2D eigenvalue weighted by Gasteiger charge is 2.26. The van der Waals surface area contributed by atoms with E-state index < -0.39 is 12.0 Å². The Morgan fingerprint density at radius 1 is 1.67 bits per heavy atom. The van der Waals surface area contributed by atoms with Crippen LogP contribution < -0.4 is 0 Å². The number of hydrogen-bond acceptors (Lipinski definition) is 4. The van der Waals surface area contributed by atoms with Gasteiger partial charge in [-0.1, -0.05) is 6.08 Å². The van der Waals surface area contributed by atoms with Crippen molar-refractivity contribution in [1.82, 2.24) is 9.88 Å². The molecular formula is C12H16N2O3S. The van der Waals surface area contributed by atoms with Crippen molar-refractivity contribution in [2.24, 2.45) is 0 Å². The molecule has 0 saturated heterocycles. The molecule has 0 aromatic carbocycles. The molecule has 18 heavy (non-hydrogen) atoms. The number of hydrogen-bond donors (Lipinski definition) is 1. The molecule has 1 aromatic heterocycles. The third kappa shape index (κ3) is 3.96. The molecular weight excluding hydrogens is 252 g/mol. The lowest BCUT2D eigenvalue weighted by molar-refractivity contribution is -0.149.